The highest BCUT2D eigenvalue weighted by Crippen LogP contribution is 2.40. The zero-order valence-corrected chi connectivity index (χ0v) is 11.0. The van der Waals surface area contributed by atoms with Gasteiger partial charge in [0, 0.05) is 6.20 Å². The molecule has 0 aliphatic heterocycles. The Hall–Kier alpha value is -1.89. The molecule has 0 saturated carbocycles. The number of rotatable bonds is 3. The van der Waals surface area contributed by atoms with Gasteiger partial charge in [-0.2, -0.15) is 18.2 Å². The molecular weight excluding hydrogens is 295 g/mol. The number of pyridine rings is 1. The maximum Gasteiger partial charge on any atom is 0.424 e. The predicted octanol–water partition coefficient (Wildman–Crippen LogP) is 3.61. The van der Waals surface area contributed by atoms with Gasteiger partial charge in [-0.25, -0.2) is 4.98 Å². The molecule has 0 aromatic carbocycles. The van der Waals surface area contributed by atoms with Gasteiger partial charge in [-0.05, 0) is 19.1 Å². The summed E-state index contributed by atoms with van der Waals surface area (Å²) in [5, 5.41) is -0.711. The fourth-order valence-electron chi connectivity index (χ4n) is 1.50. The number of alkyl halides is 3. The van der Waals surface area contributed by atoms with E-state index in [1.54, 1.807) is 25.1 Å². The normalized spacial score (nSPS) is 11.4. The molecule has 2 rings (SSSR count). The third-order valence-electron chi connectivity index (χ3n) is 2.29. The van der Waals surface area contributed by atoms with Crippen molar-refractivity contribution in [3.63, 3.8) is 0 Å². The van der Waals surface area contributed by atoms with Crippen LogP contribution in [0.4, 0.5) is 13.2 Å². The van der Waals surface area contributed by atoms with Crippen molar-refractivity contribution in [2.24, 2.45) is 0 Å². The molecule has 0 aliphatic carbocycles. The molecule has 0 bridgehead atoms. The molecule has 4 nitrogen and oxygen atoms in total. The number of ether oxygens (including phenoxy) is 1. The van der Waals surface area contributed by atoms with Crippen LogP contribution in [0.1, 0.15) is 12.5 Å². The summed E-state index contributed by atoms with van der Waals surface area (Å²) >= 11 is 5.63. The van der Waals surface area contributed by atoms with Crippen LogP contribution in [-0.4, -0.2) is 21.6 Å². The third kappa shape index (κ3) is 2.98. The van der Waals surface area contributed by atoms with E-state index in [1.165, 1.54) is 6.20 Å². The van der Waals surface area contributed by atoms with Crippen LogP contribution in [-0.2, 0) is 6.18 Å². The van der Waals surface area contributed by atoms with Crippen molar-refractivity contribution in [2.75, 3.05) is 6.61 Å². The van der Waals surface area contributed by atoms with Crippen LogP contribution in [0.15, 0.2) is 24.4 Å². The number of hydrogen-bond donors (Lipinski definition) is 0. The average molecular weight is 304 g/mol. The van der Waals surface area contributed by atoms with E-state index in [-0.39, 0.29) is 12.4 Å². The van der Waals surface area contributed by atoms with E-state index in [0.29, 0.717) is 5.69 Å². The topological polar surface area (TPSA) is 47.9 Å². The minimum absolute atomic E-state index is 0.0212. The molecule has 20 heavy (non-hydrogen) atoms. The number of nitrogens with zero attached hydrogens (tertiary/aromatic N) is 3. The highest BCUT2D eigenvalue weighted by molar-refractivity contribution is 6.30. The first-order valence-electron chi connectivity index (χ1n) is 5.62. The van der Waals surface area contributed by atoms with Gasteiger partial charge in [0.05, 0.1) is 6.61 Å². The third-order valence-corrected chi connectivity index (χ3v) is 2.56. The second-order valence-corrected chi connectivity index (χ2v) is 4.02. The van der Waals surface area contributed by atoms with Gasteiger partial charge in [-0.3, -0.25) is 4.98 Å². The summed E-state index contributed by atoms with van der Waals surface area (Å²) in [6.45, 7) is 1.58. The van der Waals surface area contributed by atoms with Crippen LogP contribution in [0.5, 0.6) is 5.88 Å². The van der Waals surface area contributed by atoms with Crippen molar-refractivity contribution in [2.45, 2.75) is 13.1 Å². The minimum Gasteiger partial charge on any atom is -0.477 e. The molecule has 0 N–H and O–H groups in total. The summed E-state index contributed by atoms with van der Waals surface area (Å²) in [4.78, 5) is 11.4. The Morgan fingerprint density at radius 1 is 1.25 bits per heavy atom. The van der Waals surface area contributed by atoms with E-state index in [9.17, 15) is 13.2 Å². The van der Waals surface area contributed by atoms with Gasteiger partial charge in [-0.1, -0.05) is 17.7 Å². The Bertz CT molecular complexity index is 605. The van der Waals surface area contributed by atoms with E-state index < -0.39 is 22.8 Å². The van der Waals surface area contributed by atoms with Gasteiger partial charge in [-0.15, -0.1) is 0 Å². The molecule has 2 aromatic rings. The second-order valence-electron chi connectivity index (χ2n) is 3.66. The van der Waals surface area contributed by atoms with Crippen LogP contribution in [0.2, 0.25) is 5.15 Å². The predicted molar refractivity (Wildman–Crippen MR) is 66.4 cm³/mol. The molecule has 2 aromatic heterocycles. The lowest BCUT2D eigenvalue weighted by atomic mass is 10.3. The smallest absolute Gasteiger partial charge is 0.424 e. The summed E-state index contributed by atoms with van der Waals surface area (Å²) in [5.74, 6) is -0.618. The fourth-order valence-corrected chi connectivity index (χ4v) is 1.77. The lowest BCUT2D eigenvalue weighted by Crippen LogP contribution is -2.13. The SMILES string of the molecule is CCOc1nc(-c2ccccn2)nc(Cl)c1C(F)(F)F. The van der Waals surface area contributed by atoms with Crippen LogP contribution >= 0.6 is 11.6 Å². The van der Waals surface area contributed by atoms with Crippen molar-refractivity contribution in [3.05, 3.63) is 35.1 Å². The summed E-state index contributed by atoms with van der Waals surface area (Å²) in [5.41, 5.74) is -0.871. The Labute approximate surface area is 117 Å². The molecule has 0 spiro atoms. The maximum atomic E-state index is 12.9. The van der Waals surface area contributed by atoms with Crippen LogP contribution < -0.4 is 4.74 Å². The molecule has 0 aliphatic rings. The van der Waals surface area contributed by atoms with E-state index in [2.05, 4.69) is 15.0 Å². The monoisotopic (exact) mass is 303 g/mol. The first-order valence-corrected chi connectivity index (χ1v) is 6.00. The van der Waals surface area contributed by atoms with Crippen molar-refractivity contribution < 1.29 is 17.9 Å². The first kappa shape index (κ1) is 14.5. The summed E-state index contributed by atoms with van der Waals surface area (Å²) in [6.07, 6.45) is -3.21. The number of hydrogen-bond acceptors (Lipinski definition) is 4. The minimum atomic E-state index is -4.69. The molecule has 0 radical (unpaired) electrons. The van der Waals surface area contributed by atoms with E-state index in [4.69, 9.17) is 16.3 Å². The van der Waals surface area contributed by atoms with E-state index >= 15 is 0 Å². The fraction of sp³-hybridized carbons (Fsp3) is 0.250. The van der Waals surface area contributed by atoms with Crippen molar-refractivity contribution in [1.82, 2.24) is 15.0 Å². The maximum absolute atomic E-state index is 12.9. The molecule has 0 saturated heterocycles. The van der Waals surface area contributed by atoms with Gasteiger partial charge in [0.15, 0.2) is 11.4 Å². The lowest BCUT2D eigenvalue weighted by Gasteiger charge is -2.14. The standard InChI is InChI=1S/C12H9ClF3N3O/c1-2-20-11-8(12(14,15)16)9(13)18-10(19-11)7-5-3-4-6-17-7/h3-6H,2H2,1H3. The first-order chi connectivity index (χ1) is 9.43. The molecule has 0 atom stereocenters. The molecule has 106 valence electrons. The quantitative estimate of drug-likeness (QED) is 0.813. The molecular formula is C12H9ClF3N3O. The Balaban J connectivity index is 2.59. The zero-order valence-electron chi connectivity index (χ0n) is 10.3. The molecule has 0 fully saturated rings. The lowest BCUT2D eigenvalue weighted by molar-refractivity contribution is -0.139. The second kappa shape index (κ2) is 5.62. The highest BCUT2D eigenvalue weighted by Gasteiger charge is 2.39. The summed E-state index contributed by atoms with van der Waals surface area (Å²) in [7, 11) is 0. The van der Waals surface area contributed by atoms with Crippen molar-refractivity contribution in [1.29, 1.82) is 0 Å². The van der Waals surface area contributed by atoms with Gasteiger partial charge in [0.25, 0.3) is 0 Å². The Kier molecular flexibility index (Phi) is 4.08. The molecule has 0 amide bonds. The molecule has 8 heteroatoms. The Morgan fingerprint density at radius 2 is 2.00 bits per heavy atom. The summed E-state index contributed by atoms with van der Waals surface area (Å²) in [6, 6.07) is 4.89. The molecule has 0 unspecified atom stereocenters. The van der Waals surface area contributed by atoms with Gasteiger partial charge < -0.3 is 4.74 Å². The van der Waals surface area contributed by atoms with Gasteiger partial charge >= 0.3 is 6.18 Å². The van der Waals surface area contributed by atoms with Gasteiger partial charge in [0.2, 0.25) is 5.88 Å². The average Bonchev–Trinajstić information content (AvgIpc) is 2.38. The number of aromatic nitrogens is 3. The van der Waals surface area contributed by atoms with Crippen molar-refractivity contribution >= 4 is 11.6 Å². The van der Waals surface area contributed by atoms with Crippen LogP contribution in [0.3, 0.4) is 0 Å². The molecule has 2 heterocycles. The van der Waals surface area contributed by atoms with E-state index in [1.807, 2.05) is 0 Å². The van der Waals surface area contributed by atoms with Gasteiger partial charge in [0.1, 0.15) is 10.8 Å². The summed E-state index contributed by atoms with van der Waals surface area (Å²) < 4.78 is 43.6. The van der Waals surface area contributed by atoms with E-state index in [0.717, 1.165) is 0 Å². The Morgan fingerprint density at radius 3 is 2.55 bits per heavy atom. The number of halogens is 4. The largest absolute Gasteiger partial charge is 0.477 e. The highest BCUT2D eigenvalue weighted by atomic mass is 35.5. The van der Waals surface area contributed by atoms with Crippen molar-refractivity contribution in [3.8, 4) is 17.4 Å². The van der Waals surface area contributed by atoms with Crippen LogP contribution in [0, 0.1) is 0 Å². The van der Waals surface area contributed by atoms with Crippen LogP contribution in [0.25, 0.3) is 11.5 Å². The zero-order chi connectivity index (χ0) is 14.8.